The highest BCUT2D eigenvalue weighted by atomic mass is 19.1. The molecule has 1 saturated heterocycles. The molecule has 86 valence electrons. The second-order valence-corrected chi connectivity index (χ2v) is 3.79. The Bertz CT molecular complexity index is 397. The molecule has 0 unspecified atom stereocenters. The minimum Gasteiger partial charge on any atom is -0.469 e. The molecule has 0 aromatic carbocycles. The first-order valence-corrected chi connectivity index (χ1v) is 5.15. The highest BCUT2D eigenvalue weighted by Gasteiger charge is 2.29. The topological polar surface area (TPSA) is 42.4 Å². The molecule has 1 aromatic rings. The fourth-order valence-electron chi connectivity index (χ4n) is 1.94. The highest BCUT2D eigenvalue weighted by Crippen LogP contribution is 2.24. The van der Waals surface area contributed by atoms with E-state index in [1.165, 1.54) is 19.4 Å². The van der Waals surface area contributed by atoms with Gasteiger partial charge in [-0.05, 0) is 12.5 Å². The number of hydrogen-bond acceptors (Lipinski definition) is 4. The van der Waals surface area contributed by atoms with Crippen LogP contribution in [0.2, 0.25) is 0 Å². The number of halogens is 1. The van der Waals surface area contributed by atoms with Crippen molar-refractivity contribution in [2.75, 3.05) is 25.1 Å². The smallest absolute Gasteiger partial charge is 0.310 e. The average molecular weight is 224 g/mol. The Morgan fingerprint density at radius 3 is 3.19 bits per heavy atom. The van der Waals surface area contributed by atoms with Crippen molar-refractivity contribution in [2.45, 2.75) is 6.42 Å². The molecule has 0 radical (unpaired) electrons. The van der Waals surface area contributed by atoms with Crippen molar-refractivity contribution in [1.82, 2.24) is 4.98 Å². The van der Waals surface area contributed by atoms with Crippen molar-refractivity contribution < 1.29 is 13.9 Å². The highest BCUT2D eigenvalue weighted by molar-refractivity contribution is 5.74. The summed E-state index contributed by atoms with van der Waals surface area (Å²) in [5.74, 6) is -0.808. The standard InChI is InChI=1S/C11H13FN2O2/c1-16-11(15)8-3-5-14(7-8)9-2-4-13-10(12)6-9/h2,4,6,8H,3,5,7H2,1H3/t8-/m0/s1. The van der Waals surface area contributed by atoms with Crippen LogP contribution in [0.3, 0.4) is 0 Å². The zero-order chi connectivity index (χ0) is 11.5. The van der Waals surface area contributed by atoms with E-state index in [0.717, 1.165) is 18.7 Å². The summed E-state index contributed by atoms with van der Waals surface area (Å²) < 4.78 is 17.6. The minimum atomic E-state index is -0.501. The maximum atomic E-state index is 12.9. The van der Waals surface area contributed by atoms with Crippen LogP contribution in [0.4, 0.5) is 10.1 Å². The molecule has 1 aliphatic heterocycles. The van der Waals surface area contributed by atoms with Crippen LogP contribution in [0.25, 0.3) is 0 Å². The van der Waals surface area contributed by atoms with Crippen molar-refractivity contribution in [3.8, 4) is 0 Å². The summed E-state index contributed by atoms with van der Waals surface area (Å²) in [6.45, 7) is 1.32. The lowest BCUT2D eigenvalue weighted by Crippen LogP contribution is -2.23. The quantitative estimate of drug-likeness (QED) is 0.559. The van der Waals surface area contributed by atoms with Gasteiger partial charge < -0.3 is 9.64 Å². The largest absolute Gasteiger partial charge is 0.469 e. The molecule has 16 heavy (non-hydrogen) atoms. The van der Waals surface area contributed by atoms with E-state index in [1.807, 2.05) is 4.90 Å². The van der Waals surface area contributed by atoms with Crippen LogP contribution >= 0.6 is 0 Å². The van der Waals surface area contributed by atoms with Gasteiger partial charge in [-0.25, -0.2) is 4.98 Å². The van der Waals surface area contributed by atoms with E-state index in [1.54, 1.807) is 6.07 Å². The number of ether oxygens (including phenoxy) is 1. The van der Waals surface area contributed by atoms with Crippen LogP contribution in [0, 0.1) is 11.9 Å². The summed E-state index contributed by atoms with van der Waals surface area (Å²) >= 11 is 0. The summed E-state index contributed by atoms with van der Waals surface area (Å²) in [6.07, 6.45) is 2.17. The van der Waals surface area contributed by atoms with Gasteiger partial charge in [-0.15, -0.1) is 0 Å². The predicted molar refractivity (Wildman–Crippen MR) is 56.5 cm³/mol. The van der Waals surface area contributed by atoms with Crippen LogP contribution in [-0.2, 0) is 9.53 Å². The van der Waals surface area contributed by atoms with E-state index < -0.39 is 5.95 Å². The first-order chi connectivity index (χ1) is 7.70. The van der Waals surface area contributed by atoms with Crippen LogP contribution < -0.4 is 4.90 Å². The molecular formula is C11H13FN2O2. The van der Waals surface area contributed by atoms with Gasteiger partial charge in [0.15, 0.2) is 0 Å². The number of pyridine rings is 1. The van der Waals surface area contributed by atoms with Gasteiger partial charge in [0.1, 0.15) is 0 Å². The molecule has 1 aliphatic rings. The SMILES string of the molecule is COC(=O)[C@H]1CCN(c2ccnc(F)c2)C1. The summed E-state index contributed by atoms with van der Waals surface area (Å²) in [5.41, 5.74) is 0.763. The van der Waals surface area contributed by atoms with Crippen LogP contribution in [0.1, 0.15) is 6.42 Å². The molecule has 0 N–H and O–H groups in total. The fraction of sp³-hybridized carbons (Fsp3) is 0.455. The zero-order valence-corrected chi connectivity index (χ0v) is 9.02. The molecule has 0 amide bonds. The van der Waals surface area contributed by atoms with E-state index in [-0.39, 0.29) is 11.9 Å². The molecule has 1 aromatic heterocycles. The number of aromatic nitrogens is 1. The van der Waals surface area contributed by atoms with Crippen LogP contribution in [-0.4, -0.2) is 31.2 Å². The van der Waals surface area contributed by atoms with Gasteiger partial charge >= 0.3 is 5.97 Å². The Morgan fingerprint density at radius 1 is 1.69 bits per heavy atom. The number of nitrogens with zero attached hydrogens (tertiary/aromatic N) is 2. The van der Waals surface area contributed by atoms with Gasteiger partial charge in [0.25, 0.3) is 0 Å². The lowest BCUT2D eigenvalue weighted by atomic mass is 10.1. The van der Waals surface area contributed by atoms with Crippen LogP contribution in [0.15, 0.2) is 18.3 Å². The monoisotopic (exact) mass is 224 g/mol. The Balaban J connectivity index is 2.06. The molecular weight excluding hydrogens is 211 g/mol. The molecule has 0 spiro atoms. The third-order valence-corrected chi connectivity index (χ3v) is 2.80. The van der Waals surface area contributed by atoms with Gasteiger partial charge in [-0.3, -0.25) is 4.79 Å². The first-order valence-electron chi connectivity index (χ1n) is 5.15. The molecule has 1 fully saturated rings. The summed E-state index contributed by atoms with van der Waals surface area (Å²) in [4.78, 5) is 16.8. The summed E-state index contributed by atoms with van der Waals surface area (Å²) in [7, 11) is 1.39. The lowest BCUT2D eigenvalue weighted by molar-refractivity contribution is -0.144. The molecule has 0 saturated carbocycles. The van der Waals surface area contributed by atoms with Crippen molar-refractivity contribution in [3.05, 3.63) is 24.3 Å². The molecule has 2 heterocycles. The van der Waals surface area contributed by atoms with E-state index in [2.05, 4.69) is 4.98 Å². The van der Waals surface area contributed by atoms with Gasteiger partial charge in [-0.1, -0.05) is 0 Å². The molecule has 4 nitrogen and oxygen atoms in total. The van der Waals surface area contributed by atoms with E-state index in [4.69, 9.17) is 4.74 Å². The molecule has 1 atom stereocenters. The predicted octanol–water partition coefficient (Wildman–Crippen LogP) is 1.22. The number of hydrogen-bond donors (Lipinski definition) is 0. The summed E-state index contributed by atoms with van der Waals surface area (Å²) in [5, 5.41) is 0. The zero-order valence-electron chi connectivity index (χ0n) is 9.02. The minimum absolute atomic E-state index is 0.110. The summed E-state index contributed by atoms with van der Waals surface area (Å²) in [6, 6.07) is 3.11. The van der Waals surface area contributed by atoms with E-state index >= 15 is 0 Å². The van der Waals surface area contributed by atoms with Crippen molar-refractivity contribution >= 4 is 11.7 Å². The second kappa shape index (κ2) is 4.47. The Kier molecular flexibility index (Phi) is 3.03. The number of rotatable bonds is 2. The van der Waals surface area contributed by atoms with Crippen molar-refractivity contribution in [3.63, 3.8) is 0 Å². The van der Waals surface area contributed by atoms with Crippen molar-refractivity contribution in [1.29, 1.82) is 0 Å². The molecule has 0 bridgehead atoms. The Labute approximate surface area is 93.0 Å². The number of carbonyl (C=O) groups excluding carboxylic acids is 1. The Hall–Kier alpha value is -1.65. The second-order valence-electron chi connectivity index (χ2n) is 3.79. The maximum absolute atomic E-state index is 12.9. The molecule has 2 rings (SSSR count). The number of esters is 1. The molecule has 5 heteroatoms. The lowest BCUT2D eigenvalue weighted by Gasteiger charge is -2.17. The number of methoxy groups -OCH3 is 1. The number of anilines is 1. The Morgan fingerprint density at radius 2 is 2.50 bits per heavy atom. The maximum Gasteiger partial charge on any atom is 0.310 e. The fourth-order valence-corrected chi connectivity index (χ4v) is 1.94. The van der Waals surface area contributed by atoms with E-state index in [0.29, 0.717) is 6.54 Å². The van der Waals surface area contributed by atoms with Gasteiger partial charge in [-0.2, -0.15) is 4.39 Å². The average Bonchev–Trinajstić information content (AvgIpc) is 2.77. The van der Waals surface area contributed by atoms with E-state index in [9.17, 15) is 9.18 Å². The van der Waals surface area contributed by atoms with Gasteiger partial charge in [0.05, 0.1) is 13.0 Å². The third kappa shape index (κ3) is 2.13. The molecule has 0 aliphatic carbocycles. The van der Waals surface area contributed by atoms with Crippen molar-refractivity contribution in [2.24, 2.45) is 5.92 Å². The van der Waals surface area contributed by atoms with Crippen LogP contribution in [0.5, 0.6) is 0 Å². The number of carbonyl (C=O) groups is 1. The van der Waals surface area contributed by atoms with Gasteiger partial charge in [0.2, 0.25) is 5.95 Å². The first kappa shape index (κ1) is 10.9. The third-order valence-electron chi connectivity index (χ3n) is 2.80. The normalized spacial score (nSPS) is 19.9. The van der Waals surface area contributed by atoms with Gasteiger partial charge in [0, 0.05) is 31.0 Å².